The maximum Gasteiger partial charge on any atom is 0.245 e. The second kappa shape index (κ2) is 6.11. The number of nitrogens with zero attached hydrogens (tertiary/aromatic N) is 3. The number of benzene rings is 1. The Kier molecular flexibility index (Phi) is 3.81. The average Bonchev–Trinajstić information content (AvgIpc) is 2.86. The predicted molar refractivity (Wildman–Crippen MR) is 95.0 cm³/mol. The van der Waals surface area contributed by atoms with Crippen molar-refractivity contribution in [2.24, 2.45) is 0 Å². The summed E-state index contributed by atoms with van der Waals surface area (Å²) in [4.78, 5) is 11.4. The molecule has 2 aromatic heterocycles. The van der Waals surface area contributed by atoms with Crippen LogP contribution in [0.2, 0.25) is 0 Å². The van der Waals surface area contributed by atoms with Crippen LogP contribution in [0.5, 0.6) is 0 Å². The van der Waals surface area contributed by atoms with Gasteiger partial charge in [-0.3, -0.25) is 4.98 Å². The standard InChI is InChI=1S/C20H21N3O/c1-14-10-15(2)12-16(11-14)23-9-5-7-17-19(13-23)24-20(22-17)18-6-3-4-8-21-18/h3-4,6,8,10-12H,5,7,9,13H2,1-2H3. The lowest BCUT2D eigenvalue weighted by Gasteiger charge is -2.23. The quantitative estimate of drug-likeness (QED) is 0.706. The zero-order valence-electron chi connectivity index (χ0n) is 14.1. The first kappa shape index (κ1) is 14.9. The van der Waals surface area contributed by atoms with Gasteiger partial charge in [0, 0.05) is 18.4 Å². The van der Waals surface area contributed by atoms with E-state index in [-0.39, 0.29) is 0 Å². The van der Waals surface area contributed by atoms with Gasteiger partial charge in [0.05, 0.1) is 12.2 Å². The second-order valence-corrected chi connectivity index (χ2v) is 6.47. The van der Waals surface area contributed by atoms with Crippen LogP contribution in [-0.4, -0.2) is 16.5 Å². The van der Waals surface area contributed by atoms with Crippen LogP contribution >= 0.6 is 0 Å². The highest BCUT2D eigenvalue weighted by molar-refractivity contribution is 5.52. The molecule has 3 heterocycles. The Morgan fingerprint density at radius 2 is 1.92 bits per heavy atom. The smallest absolute Gasteiger partial charge is 0.245 e. The molecule has 122 valence electrons. The van der Waals surface area contributed by atoms with E-state index < -0.39 is 0 Å². The van der Waals surface area contributed by atoms with Gasteiger partial charge in [-0.05, 0) is 62.1 Å². The molecule has 0 aliphatic carbocycles. The Bertz CT molecular complexity index is 834. The fraction of sp³-hybridized carbons (Fsp3) is 0.300. The molecule has 4 nitrogen and oxygen atoms in total. The Morgan fingerprint density at radius 1 is 1.08 bits per heavy atom. The summed E-state index contributed by atoms with van der Waals surface area (Å²) in [7, 11) is 0. The minimum atomic E-state index is 0.628. The van der Waals surface area contributed by atoms with Crippen LogP contribution in [0.25, 0.3) is 11.6 Å². The number of rotatable bonds is 2. The number of aromatic nitrogens is 2. The summed E-state index contributed by atoms with van der Waals surface area (Å²) in [6, 6.07) is 12.5. The molecule has 0 N–H and O–H groups in total. The van der Waals surface area contributed by atoms with Crippen molar-refractivity contribution in [3.05, 3.63) is 65.2 Å². The van der Waals surface area contributed by atoms with E-state index in [0.717, 1.165) is 43.1 Å². The number of hydrogen-bond donors (Lipinski definition) is 0. The molecule has 24 heavy (non-hydrogen) atoms. The molecule has 0 saturated carbocycles. The van der Waals surface area contributed by atoms with Crippen LogP contribution in [0.15, 0.2) is 47.0 Å². The van der Waals surface area contributed by atoms with E-state index in [2.05, 4.69) is 46.9 Å². The fourth-order valence-corrected chi connectivity index (χ4v) is 3.34. The zero-order chi connectivity index (χ0) is 16.5. The van der Waals surface area contributed by atoms with Crippen LogP contribution in [0.4, 0.5) is 5.69 Å². The molecule has 0 atom stereocenters. The highest BCUT2D eigenvalue weighted by Crippen LogP contribution is 2.28. The summed E-state index contributed by atoms with van der Waals surface area (Å²) in [5, 5.41) is 0. The Hall–Kier alpha value is -2.62. The third-order valence-electron chi connectivity index (χ3n) is 4.41. The van der Waals surface area contributed by atoms with Crippen molar-refractivity contribution in [2.75, 3.05) is 11.4 Å². The maximum atomic E-state index is 6.07. The minimum absolute atomic E-state index is 0.628. The molecule has 3 aromatic rings. The Labute approximate surface area is 142 Å². The van der Waals surface area contributed by atoms with Gasteiger partial charge in [-0.1, -0.05) is 12.1 Å². The molecule has 1 aromatic carbocycles. The minimum Gasteiger partial charge on any atom is -0.438 e. The van der Waals surface area contributed by atoms with E-state index in [4.69, 9.17) is 4.42 Å². The summed E-state index contributed by atoms with van der Waals surface area (Å²) in [5.74, 6) is 1.59. The molecule has 1 aliphatic rings. The van der Waals surface area contributed by atoms with Crippen LogP contribution in [-0.2, 0) is 13.0 Å². The Balaban J connectivity index is 1.66. The first-order valence-corrected chi connectivity index (χ1v) is 8.42. The molecule has 0 fully saturated rings. The topological polar surface area (TPSA) is 42.2 Å². The summed E-state index contributed by atoms with van der Waals surface area (Å²) in [6.07, 6.45) is 3.80. The molecule has 1 aliphatic heterocycles. The lowest BCUT2D eigenvalue weighted by atomic mass is 10.1. The van der Waals surface area contributed by atoms with E-state index in [0.29, 0.717) is 5.89 Å². The van der Waals surface area contributed by atoms with Gasteiger partial charge in [0.1, 0.15) is 11.5 Å². The number of anilines is 1. The van der Waals surface area contributed by atoms with Crippen LogP contribution in [0, 0.1) is 13.8 Å². The maximum absolute atomic E-state index is 6.07. The number of fused-ring (bicyclic) bond motifs is 1. The molecule has 0 unspecified atom stereocenters. The van der Waals surface area contributed by atoms with Gasteiger partial charge in [-0.15, -0.1) is 0 Å². The molecular formula is C20H21N3O. The van der Waals surface area contributed by atoms with Crippen molar-refractivity contribution in [2.45, 2.75) is 33.2 Å². The first-order chi connectivity index (χ1) is 11.7. The van der Waals surface area contributed by atoms with E-state index >= 15 is 0 Å². The van der Waals surface area contributed by atoms with Gasteiger partial charge in [0.15, 0.2) is 0 Å². The molecule has 0 spiro atoms. The second-order valence-electron chi connectivity index (χ2n) is 6.47. The highest BCUT2D eigenvalue weighted by Gasteiger charge is 2.21. The van der Waals surface area contributed by atoms with Gasteiger partial charge < -0.3 is 9.32 Å². The van der Waals surface area contributed by atoms with E-state index in [1.165, 1.54) is 16.8 Å². The molecule has 4 rings (SSSR count). The summed E-state index contributed by atoms with van der Waals surface area (Å²) in [5.41, 5.74) is 5.71. The average molecular weight is 319 g/mol. The highest BCUT2D eigenvalue weighted by atomic mass is 16.4. The van der Waals surface area contributed by atoms with Crippen molar-refractivity contribution in [3.8, 4) is 11.6 Å². The fourth-order valence-electron chi connectivity index (χ4n) is 3.34. The lowest BCUT2D eigenvalue weighted by molar-refractivity contribution is 0.510. The SMILES string of the molecule is Cc1cc(C)cc(N2CCCc3nc(-c4ccccn4)oc3C2)c1. The largest absolute Gasteiger partial charge is 0.438 e. The van der Waals surface area contributed by atoms with Crippen molar-refractivity contribution < 1.29 is 4.42 Å². The van der Waals surface area contributed by atoms with Crippen molar-refractivity contribution in [3.63, 3.8) is 0 Å². The van der Waals surface area contributed by atoms with E-state index in [1.807, 2.05) is 18.2 Å². The van der Waals surface area contributed by atoms with Crippen LogP contribution < -0.4 is 4.90 Å². The van der Waals surface area contributed by atoms with Gasteiger partial charge in [-0.2, -0.15) is 0 Å². The molecule has 4 heteroatoms. The van der Waals surface area contributed by atoms with Crippen molar-refractivity contribution >= 4 is 5.69 Å². The number of oxazole rings is 1. The lowest BCUT2D eigenvalue weighted by Crippen LogP contribution is -2.22. The third kappa shape index (κ3) is 2.92. The predicted octanol–water partition coefficient (Wildman–Crippen LogP) is 4.31. The van der Waals surface area contributed by atoms with Gasteiger partial charge in [0.25, 0.3) is 0 Å². The van der Waals surface area contributed by atoms with Gasteiger partial charge in [0.2, 0.25) is 5.89 Å². The molecule has 0 bridgehead atoms. The number of hydrogen-bond acceptors (Lipinski definition) is 4. The first-order valence-electron chi connectivity index (χ1n) is 8.42. The molecule has 0 amide bonds. The van der Waals surface area contributed by atoms with E-state index in [1.54, 1.807) is 6.20 Å². The van der Waals surface area contributed by atoms with Gasteiger partial charge in [-0.25, -0.2) is 4.98 Å². The van der Waals surface area contributed by atoms with Crippen LogP contribution in [0.1, 0.15) is 29.0 Å². The molecular weight excluding hydrogens is 298 g/mol. The third-order valence-corrected chi connectivity index (χ3v) is 4.41. The zero-order valence-corrected chi connectivity index (χ0v) is 14.1. The van der Waals surface area contributed by atoms with Crippen LogP contribution in [0.3, 0.4) is 0 Å². The summed E-state index contributed by atoms with van der Waals surface area (Å²) >= 11 is 0. The van der Waals surface area contributed by atoms with E-state index in [9.17, 15) is 0 Å². The molecule has 0 saturated heterocycles. The molecule has 0 radical (unpaired) electrons. The van der Waals surface area contributed by atoms with Gasteiger partial charge >= 0.3 is 0 Å². The summed E-state index contributed by atoms with van der Waals surface area (Å²) < 4.78 is 6.07. The Morgan fingerprint density at radius 3 is 2.67 bits per heavy atom. The van der Waals surface area contributed by atoms with Crippen molar-refractivity contribution in [1.29, 1.82) is 0 Å². The summed E-state index contributed by atoms with van der Waals surface area (Å²) in [6.45, 7) is 6.08. The number of aryl methyl sites for hydroxylation is 3. The van der Waals surface area contributed by atoms with Crippen molar-refractivity contribution in [1.82, 2.24) is 9.97 Å². The number of pyridine rings is 1. The monoisotopic (exact) mass is 319 g/mol. The normalized spacial score (nSPS) is 14.3.